The highest BCUT2D eigenvalue weighted by atomic mass is 32.1. The summed E-state index contributed by atoms with van der Waals surface area (Å²) in [6.45, 7) is 3.22. The van der Waals surface area contributed by atoms with E-state index >= 15 is 0 Å². The lowest BCUT2D eigenvalue weighted by atomic mass is 10.2. The summed E-state index contributed by atoms with van der Waals surface area (Å²) in [5, 5.41) is 3.67. The number of nitrogens with zero attached hydrogens (tertiary/aromatic N) is 2. The van der Waals surface area contributed by atoms with Gasteiger partial charge in [-0.1, -0.05) is 12.1 Å². The quantitative estimate of drug-likeness (QED) is 0.878. The number of aromatic nitrogens is 1. The minimum atomic E-state index is -0.185. The molecule has 1 fully saturated rings. The van der Waals surface area contributed by atoms with Crippen LogP contribution in [0.25, 0.3) is 16.3 Å². The number of carbonyl (C=O) groups is 2. The Morgan fingerprint density at radius 2 is 2.32 bits per heavy atom. The Morgan fingerprint density at radius 1 is 1.50 bits per heavy atom. The molecule has 2 aromatic rings. The van der Waals surface area contributed by atoms with Crippen LogP contribution in [-0.2, 0) is 9.59 Å². The lowest BCUT2D eigenvalue weighted by Crippen LogP contribution is -2.36. The Kier molecular flexibility index (Phi) is 4.20. The van der Waals surface area contributed by atoms with Gasteiger partial charge in [0.1, 0.15) is 5.01 Å². The zero-order chi connectivity index (χ0) is 15.5. The first-order valence-electron chi connectivity index (χ1n) is 7.27. The highest BCUT2D eigenvalue weighted by Crippen LogP contribution is 2.22. The molecular weight excluding hydrogens is 298 g/mol. The van der Waals surface area contributed by atoms with Crippen molar-refractivity contribution in [3.05, 3.63) is 35.3 Å². The van der Waals surface area contributed by atoms with E-state index in [0.717, 1.165) is 15.2 Å². The summed E-state index contributed by atoms with van der Waals surface area (Å²) >= 11 is 1.55. The highest BCUT2D eigenvalue weighted by molar-refractivity contribution is 7.19. The van der Waals surface area contributed by atoms with Crippen molar-refractivity contribution in [3.63, 3.8) is 0 Å². The van der Waals surface area contributed by atoms with Crippen molar-refractivity contribution in [1.29, 1.82) is 0 Å². The fourth-order valence-electron chi connectivity index (χ4n) is 2.53. The molecule has 1 atom stereocenters. The second kappa shape index (κ2) is 6.27. The minimum Gasteiger partial charge on any atom is -0.348 e. The average molecular weight is 315 g/mol. The van der Waals surface area contributed by atoms with Crippen molar-refractivity contribution in [3.8, 4) is 0 Å². The van der Waals surface area contributed by atoms with Gasteiger partial charge in [-0.2, -0.15) is 0 Å². The van der Waals surface area contributed by atoms with E-state index in [1.807, 2.05) is 31.2 Å². The number of carbonyl (C=O) groups excluding carboxylic acids is 2. The van der Waals surface area contributed by atoms with Crippen LogP contribution in [0.5, 0.6) is 0 Å². The van der Waals surface area contributed by atoms with Gasteiger partial charge in [0, 0.05) is 25.6 Å². The van der Waals surface area contributed by atoms with Gasteiger partial charge in [0.25, 0.3) is 0 Å². The standard InChI is InChI=1S/C16H17N3O2S/c1-2-19-10-11(9-16(19)21)17-14(20)7-8-15-18-12-5-3-4-6-13(12)22-15/h3-8,11H,2,9-10H2,1H3,(H,17,20)/b8-7+. The normalized spacial score (nSPS) is 18.5. The summed E-state index contributed by atoms with van der Waals surface area (Å²) in [4.78, 5) is 29.8. The van der Waals surface area contributed by atoms with E-state index in [-0.39, 0.29) is 17.9 Å². The molecule has 0 bridgehead atoms. The van der Waals surface area contributed by atoms with Gasteiger partial charge in [-0.15, -0.1) is 11.3 Å². The third-order valence-electron chi connectivity index (χ3n) is 3.63. The van der Waals surface area contributed by atoms with Crippen LogP contribution in [0.15, 0.2) is 30.3 Å². The summed E-state index contributed by atoms with van der Waals surface area (Å²) < 4.78 is 1.10. The van der Waals surface area contributed by atoms with Gasteiger partial charge < -0.3 is 10.2 Å². The van der Waals surface area contributed by atoms with E-state index in [0.29, 0.717) is 19.5 Å². The van der Waals surface area contributed by atoms with E-state index in [1.165, 1.54) is 6.08 Å². The number of amides is 2. The molecule has 114 valence electrons. The Balaban J connectivity index is 1.60. The zero-order valence-electron chi connectivity index (χ0n) is 12.3. The van der Waals surface area contributed by atoms with Crippen molar-refractivity contribution in [2.75, 3.05) is 13.1 Å². The van der Waals surface area contributed by atoms with Crippen molar-refractivity contribution in [2.24, 2.45) is 0 Å². The number of rotatable bonds is 4. The molecule has 22 heavy (non-hydrogen) atoms. The molecule has 3 rings (SSSR count). The Morgan fingerprint density at radius 3 is 3.05 bits per heavy atom. The molecule has 0 aliphatic carbocycles. The monoisotopic (exact) mass is 315 g/mol. The van der Waals surface area contributed by atoms with Gasteiger partial charge in [-0.3, -0.25) is 9.59 Å². The highest BCUT2D eigenvalue weighted by Gasteiger charge is 2.28. The predicted octanol–water partition coefficient (Wildman–Crippen LogP) is 2.05. The molecule has 1 aliphatic heterocycles. The molecular formula is C16H17N3O2S. The number of nitrogens with one attached hydrogen (secondary N) is 1. The van der Waals surface area contributed by atoms with Gasteiger partial charge in [0.2, 0.25) is 11.8 Å². The second-order valence-corrected chi connectivity index (χ2v) is 6.26. The summed E-state index contributed by atoms with van der Waals surface area (Å²) in [6.07, 6.45) is 3.58. The molecule has 0 radical (unpaired) electrons. The van der Waals surface area contributed by atoms with Gasteiger partial charge >= 0.3 is 0 Å². The van der Waals surface area contributed by atoms with E-state index < -0.39 is 0 Å². The molecule has 1 unspecified atom stereocenters. The third kappa shape index (κ3) is 3.17. The summed E-state index contributed by atoms with van der Waals surface area (Å²) in [7, 11) is 0. The predicted molar refractivity (Wildman–Crippen MR) is 87.5 cm³/mol. The number of para-hydroxylation sites is 1. The number of hydrogen-bond donors (Lipinski definition) is 1. The van der Waals surface area contributed by atoms with Crippen LogP contribution in [0.1, 0.15) is 18.4 Å². The number of hydrogen-bond acceptors (Lipinski definition) is 4. The Bertz CT molecular complexity index is 705. The average Bonchev–Trinajstić information content (AvgIpc) is 3.07. The molecule has 2 amide bonds. The minimum absolute atomic E-state index is 0.0973. The number of thiazole rings is 1. The van der Waals surface area contributed by atoms with Crippen LogP contribution in [0.3, 0.4) is 0 Å². The van der Waals surface area contributed by atoms with Crippen LogP contribution in [-0.4, -0.2) is 40.8 Å². The largest absolute Gasteiger partial charge is 0.348 e. The van der Waals surface area contributed by atoms with Gasteiger partial charge in [0.15, 0.2) is 0 Å². The Hall–Kier alpha value is -2.21. The zero-order valence-corrected chi connectivity index (χ0v) is 13.1. The first kappa shape index (κ1) is 14.7. The maximum Gasteiger partial charge on any atom is 0.244 e. The maximum absolute atomic E-state index is 11.9. The first-order valence-corrected chi connectivity index (χ1v) is 8.09. The maximum atomic E-state index is 11.9. The summed E-state index contributed by atoms with van der Waals surface area (Å²) in [5.74, 6) is -0.0852. The molecule has 1 aromatic carbocycles. The van der Waals surface area contributed by atoms with Crippen molar-refractivity contribution in [1.82, 2.24) is 15.2 Å². The van der Waals surface area contributed by atoms with E-state index in [4.69, 9.17) is 0 Å². The number of likely N-dealkylation sites (tertiary alicyclic amines) is 1. The fourth-order valence-corrected chi connectivity index (χ4v) is 3.40. The number of likely N-dealkylation sites (N-methyl/N-ethyl adjacent to an activating group) is 1. The van der Waals surface area contributed by atoms with Crippen molar-refractivity contribution in [2.45, 2.75) is 19.4 Å². The lowest BCUT2D eigenvalue weighted by Gasteiger charge is -2.13. The second-order valence-electron chi connectivity index (χ2n) is 5.20. The van der Waals surface area contributed by atoms with Crippen molar-refractivity contribution < 1.29 is 9.59 Å². The molecule has 0 spiro atoms. The van der Waals surface area contributed by atoms with Gasteiger partial charge in [0.05, 0.1) is 16.3 Å². The van der Waals surface area contributed by atoms with Gasteiger partial charge in [-0.05, 0) is 25.1 Å². The molecule has 0 saturated carbocycles. The van der Waals surface area contributed by atoms with Crippen LogP contribution in [0.2, 0.25) is 0 Å². The molecule has 1 N–H and O–H groups in total. The van der Waals surface area contributed by atoms with Crippen LogP contribution < -0.4 is 5.32 Å². The third-order valence-corrected chi connectivity index (χ3v) is 4.63. The SMILES string of the molecule is CCN1CC(NC(=O)/C=C/c2nc3ccccc3s2)CC1=O. The Labute approximate surface area is 132 Å². The number of benzene rings is 1. The van der Waals surface area contributed by atoms with Crippen molar-refractivity contribution >= 4 is 39.4 Å². The summed E-state index contributed by atoms with van der Waals surface area (Å²) in [6, 6.07) is 7.77. The van der Waals surface area contributed by atoms with E-state index in [1.54, 1.807) is 22.3 Å². The van der Waals surface area contributed by atoms with E-state index in [2.05, 4.69) is 10.3 Å². The smallest absolute Gasteiger partial charge is 0.244 e. The van der Waals surface area contributed by atoms with Crippen LogP contribution >= 0.6 is 11.3 Å². The molecule has 1 saturated heterocycles. The number of fused-ring (bicyclic) bond motifs is 1. The molecule has 1 aromatic heterocycles. The lowest BCUT2D eigenvalue weighted by molar-refractivity contribution is -0.127. The first-order chi connectivity index (χ1) is 10.7. The topological polar surface area (TPSA) is 62.3 Å². The molecule has 1 aliphatic rings. The molecule has 6 heteroatoms. The molecule has 2 heterocycles. The summed E-state index contributed by atoms with van der Waals surface area (Å²) in [5.41, 5.74) is 0.938. The fraction of sp³-hybridized carbons (Fsp3) is 0.312. The van der Waals surface area contributed by atoms with Crippen LogP contribution in [0, 0.1) is 0 Å². The molecule has 5 nitrogen and oxygen atoms in total. The van der Waals surface area contributed by atoms with E-state index in [9.17, 15) is 9.59 Å². The van der Waals surface area contributed by atoms with Crippen LogP contribution in [0.4, 0.5) is 0 Å². The van der Waals surface area contributed by atoms with Gasteiger partial charge in [-0.25, -0.2) is 4.98 Å².